The smallest absolute Gasteiger partial charge is 0.222 e. The minimum Gasteiger partial charge on any atom is -0.378 e. The van der Waals surface area contributed by atoms with E-state index in [9.17, 15) is 4.79 Å². The highest BCUT2D eigenvalue weighted by Crippen LogP contribution is 2.31. The predicted molar refractivity (Wildman–Crippen MR) is 93.7 cm³/mol. The number of ether oxygens (including phenoxy) is 1. The maximum Gasteiger partial charge on any atom is 0.222 e. The molecule has 1 aromatic carbocycles. The summed E-state index contributed by atoms with van der Waals surface area (Å²) in [7, 11) is 0. The number of rotatable bonds is 3. The van der Waals surface area contributed by atoms with Crippen LogP contribution < -0.4 is 0 Å². The van der Waals surface area contributed by atoms with Crippen molar-refractivity contribution in [1.82, 2.24) is 9.80 Å². The van der Waals surface area contributed by atoms with Crippen LogP contribution in [-0.4, -0.2) is 54.6 Å². The molecule has 4 heteroatoms. The molecule has 1 amide bonds. The molecule has 130 valence electrons. The molecule has 0 N–H and O–H groups in total. The third-order valence-electron chi connectivity index (χ3n) is 5.99. The first-order valence-corrected chi connectivity index (χ1v) is 9.47. The Hall–Kier alpha value is -1.39. The summed E-state index contributed by atoms with van der Waals surface area (Å²) in [6.45, 7) is 4.16. The van der Waals surface area contributed by atoms with E-state index in [4.69, 9.17) is 4.74 Å². The molecule has 3 fully saturated rings. The number of piperazine rings is 1. The predicted octanol–water partition coefficient (Wildman–Crippen LogP) is 2.85. The van der Waals surface area contributed by atoms with Gasteiger partial charge in [0.05, 0.1) is 25.3 Å². The van der Waals surface area contributed by atoms with Crippen molar-refractivity contribution < 1.29 is 9.53 Å². The second kappa shape index (κ2) is 7.24. The van der Waals surface area contributed by atoms with E-state index >= 15 is 0 Å². The highest BCUT2D eigenvalue weighted by molar-refractivity contribution is 5.76. The van der Waals surface area contributed by atoms with Gasteiger partial charge in [0.2, 0.25) is 5.91 Å². The summed E-state index contributed by atoms with van der Waals surface area (Å²) in [5, 5.41) is 0. The molecule has 0 radical (unpaired) electrons. The van der Waals surface area contributed by atoms with Crippen LogP contribution in [0, 0.1) is 5.92 Å². The van der Waals surface area contributed by atoms with Gasteiger partial charge in [-0.3, -0.25) is 9.69 Å². The van der Waals surface area contributed by atoms with Gasteiger partial charge in [0.15, 0.2) is 0 Å². The summed E-state index contributed by atoms with van der Waals surface area (Å²) < 4.78 is 5.89. The van der Waals surface area contributed by atoms with E-state index in [2.05, 4.69) is 40.1 Å². The number of fused-ring (bicyclic) bond motifs is 1. The Morgan fingerprint density at radius 1 is 1.08 bits per heavy atom. The fraction of sp³-hybridized carbons (Fsp3) is 0.650. The largest absolute Gasteiger partial charge is 0.378 e. The van der Waals surface area contributed by atoms with E-state index in [1.54, 1.807) is 0 Å². The number of morpholine rings is 1. The molecular formula is C20H28N2O2. The lowest BCUT2D eigenvalue weighted by Crippen LogP contribution is -2.60. The Morgan fingerprint density at radius 2 is 1.88 bits per heavy atom. The lowest BCUT2D eigenvalue weighted by molar-refractivity contribution is -0.140. The summed E-state index contributed by atoms with van der Waals surface area (Å²) in [4.78, 5) is 17.3. The molecule has 1 aliphatic carbocycles. The van der Waals surface area contributed by atoms with Crippen LogP contribution in [-0.2, 0) is 9.53 Å². The van der Waals surface area contributed by atoms with Gasteiger partial charge >= 0.3 is 0 Å². The van der Waals surface area contributed by atoms with Crippen LogP contribution in [0.1, 0.15) is 43.7 Å². The third kappa shape index (κ3) is 3.35. The normalized spacial score (nSPS) is 28.8. The van der Waals surface area contributed by atoms with E-state index < -0.39 is 0 Å². The highest BCUT2D eigenvalue weighted by atomic mass is 16.5. The number of hydrogen-bond donors (Lipinski definition) is 0. The first-order chi connectivity index (χ1) is 11.8. The Kier molecular flexibility index (Phi) is 4.86. The van der Waals surface area contributed by atoms with Crippen LogP contribution in [0.25, 0.3) is 0 Å². The molecule has 1 saturated carbocycles. The molecule has 3 aliphatic rings. The minimum atomic E-state index is 0.331. The van der Waals surface area contributed by atoms with Crippen LogP contribution in [0.15, 0.2) is 30.3 Å². The third-order valence-corrected chi connectivity index (χ3v) is 5.99. The molecule has 2 aliphatic heterocycles. The minimum absolute atomic E-state index is 0.331. The van der Waals surface area contributed by atoms with Gasteiger partial charge in [-0.1, -0.05) is 43.2 Å². The Bertz CT molecular complexity index is 556. The Balaban J connectivity index is 1.39. The van der Waals surface area contributed by atoms with Gasteiger partial charge in [-0.2, -0.15) is 0 Å². The summed E-state index contributed by atoms with van der Waals surface area (Å²) in [6, 6.07) is 11.3. The monoisotopic (exact) mass is 328 g/mol. The topological polar surface area (TPSA) is 32.8 Å². The summed E-state index contributed by atoms with van der Waals surface area (Å²) in [6.07, 6.45) is 5.86. The first-order valence-electron chi connectivity index (χ1n) is 9.47. The molecule has 2 saturated heterocycles. The van der Waals surface area contributed by atoms with Crippen molar-refractivity contribution in [1.29, 1.82) is 0 Å². The quantitative estimate of drug-likeness (QED) is 0.855. The van der Waals surface area contributed by atoms with Crippen molar-refractivity contribution in [3.8, 4) is 0 Å². The molecule has 24 heavy (non-hydrogen) atoms. The molecule has 0 aromatic heterocycles. The van der Waals surface area contributed by atoms with Crippen LogP contribution in [0.5, 0.6) is 0 Å². The molecule has 2 heterocycles. The molecule has 4 nitrogen and oxygen atoms in total. The average molecular weight is 328 g/mol. The molecule has 0 unspecified atom stereocenters. The van der Waals surface area contributed by atoms with E-state index in [1.165, 1.54) is 31.2 Å². The maximum atomic E-state index is 12.6. The Labute approximate surface area is 144 Å². The summed E-state index contributed by atoms with van der Waals surface area (Å²) >= 11 is 0. The SMILES string of the molecule is O=C(CC1CCCC1)N1CCN2[C@@H](COC[C@@H]2c2ccccc2)C1. The second-order valence-electron chi connectivity index (χ2n) is 7.55. The van der Waals surface area contributed by atoms with Crippen LogP contribution in [0.4, 0.5) is 0 Å². The number of carbonyl (C=O) groups is 1. The zero-order chi connectivity index (χ0) is 16.4. The van der Waals surface area contributed by atoms with Gasteiger partial charge in [-0.25, -0.2) is 0 Å². The van der Waals surface area contributed by atoms with Gasteiger partial charge < -0.3 is 9.64 Å². The summed E-state index contributed by atoms with van der Waals surface area (Å²) in [5.41, 5.74) is 1.33. The van der Waals surface area contributed by atoms with E-state index in [1.807, 2.05) is 0 Å². The van der Waals surface area contributed by atoms with E-state index in [0.717, 1.165) is 39.3 Å². The van der Waals surface area contributed by atoms with Gasteiger partial charge in [-0.05, 0) is 24.3 Å². The lowest BCUT2D eigenvalue weighted by atomic mass is 9.99. The summed E-state index contributed by atoms with van der Waals surface area (Å²) in [5.74, 6) is 0.999. The van der Waals surface area contributed by atoms with Gasteiger partial charge in [0.25, 0.3) is 0 Å². The van der Waals surface area contributed by atoms with Crippen LogP contribution in [0.3, 0.4) is 0 Å². The number of amides is 1. The molecule has 4 rings (SSSR count). The molecule has 2 atom stereocenters. The van der Waals surface area contributed by atoms with Crippen molar-refractivity contribution in [3.63, 3.8) is 0 Å². The molecule has 0 spiro atoms. The number of nitrogens with zero attached hydrogens (tertiary/aromatic N) is 2. The van der Waals surface area contributed by atoms with Gasteiger partial charge in [0.1, 0.15) is 0 Å². The number of carbonyl (C=O) groups excluding carboxylic acids is 1. The van der Waals surface area contributed by atoms with Crippen molar-refractivity contribution in [3.05, 3.63) is 35.9 Å². The molecule has 0 bridgehead atoms. The average Bonchev–Trinajstić information content (AvgIpc) is 3.14. The molecular weight excluding hydrogens is 300 g/mol. The van der Waals surface area contributed by atoms with Crippen LogP contribution in [0.2, 0.25) is 0 Å². The van der Waals surface area contributed by atoms with Crippen LogP contribution >= 0.6 is 0 Å². The number of benzene rings is 1. The molecule has 1 aromatic rings. The van der Waals surface area contributed by atoms with Crippen molar-refractivity contribution in [2.24, 2.45) is 5.92 Å². The second-order valence-corrected chi connectivity index (χ2v) is 7.55. The first kappa shape index (κ1) is 16.1. The standard InChI is InChI=1S/C20H28N2O2/c23-20(12-16-6-4-5-7-16)21-10-11-22-18(13-21)14-24-15-19(22)17-8-2-1-3-9-17/h1-3,8-9,16,18-19H,4-7,10-15H2/t18-,19-/m1/s1. The zero-order valence-corrected chi connectivity index (χ0v) is 14.4. The van der Waals surface area contributed by atoms with Crippen molar-refractivity contribution >= 4 is 5.91 Å². The van der Waals surface area contributed by atoms with E-state index in [0.29, 0.717) is 23.9 Å². The van der Waals surface area contributed by atoms with Crippen molar-refractivity contribution in [2.45, 2.75) is 44.2 Å². The number of hydrogen-bond acceptors (Lipinski definition) is 3. The van der Waals surface area contributed by atoms with Crippen molar-refractivity contribution in [2.75, 3.05) is 32.8 Å². The maximum absolute atomic E-state index is 12.6. The lowest BCUT2D eigenvalue weighted by Gasteiger charge is -2.48. The Morgan fingerprint density at radius 3 is 2.67 bits per heavy atom. The van der Waals surface area contributed by atoms with Gasteiger partial charge in [0, 0.05) is 26.1 Å². The zero-order valence-electron chi connectivity index (χ0n) is 14.4. The highest BCUT2D eigenvalue weighted by Gasteiger charge is 2.37. The van der Waals surface area contributed by atoms with E-state index in [-0.39, 0.29) is 0 Å². The fourth-order valence-corrected chi connectivity index (χ4v) is 4.62. The fourth-order valence-electron chi connectivity index (χ4n) is 4.62. The van der Waals surface area contributed by atoms with Gasteiger partial charge in [-0.15, -0.1) is 0 Å².